The van der Waals surface area contributed by atoms with Gasteiger partial charge in [0.1, 0.15) is 0 Å². The van der Waals surface area contributed by atoms with Crippen LogP contribution in [0.4, 0.5) is 0 Å². The topological polar surface area (TPSA) is 54.6 Å². The summed E-state index contributed by atoms with van der Waals surface area (Å²) in [5, 5.41) is 17.2. The minimum Gasteiger partial charge on any atom is -0.282 e. The molecule has 4 nitrogen and oxygen atoms in total. The molecule has 0 aliphatic rings. The first-order valence-corrected chi connectivity index (χ1v) is 6.20. The second-order valence-corrected chi connectivity index (χ2v) is 4.76. The number of hydrogen-bond acceptors (Lipinski definition) is 3. The van der Waals surface area contributed by atoms with Crippen molar-refractivity contribution >= 4 is 26.8 Å². The first-order valence-electron chi connectivity index (χ1n) is 5.41. The van der Waals surface area contributed by atoms with Gasteiger partial charge in [0.25, 0.3) is 0 Å². The van der Waals surface area contributed by atoms with Crippen molar-refractivity contribution in [2.75, 3.05) is 0 Å². The number of fused-ring (bicyclic) bond motifs is 1. The van der Waals surface area contributed by atoms with Crippen LogP contribution < -0.4 is 5.49 Å². The minimum atomic E-state index is 0.332. The Bertz CT molecular complexity index is 779. The number of nitrogens with zero attached hydrogens (tertiary/aromatic N) is 3. The quantitative estimate of drug-likeness (QED) is 0.751. The second kappa shape index (κ2) is 4.34. The lowest BCUT2D eigenvalue weighted by molar-refractivity contribution is 0.715. The van der Waals surface area contributed by atoms with E-state index in [2.05, 4.69) is 26.2 Å². The molecule has 0 spiro atoms. The summed E-state index contributed by atoms with van der Waals surface area (Å²) in [6, 6.07) is 15.2. The van der Waals surface area contributed by atoms with Gasteiger partial charge in [0.15, 0.2) is 5.49 Å². The third-order valence-corrected chi connectivity index (χ3v) is 3.16. The van der Waals surface area contributed by atoms with Crippen molar-refractivity contribution in [1.29, 1.82) is 5.41 Å². The van der Waals surface area contributed by atoms with E-state index in [4.69, 9.17) is 5.41 Å². The Hall–Kier alpha value is -2.01. The summed E-state index contributed by atoms with van der Waals surface area (Å²) in [7, 11) is 0. The summed E-state index contributed by atoms with van der Waals surface area (Å²) < 4.78 is 2.47. The van der Waals surface area contributed by atoms with Crippen LogP contribution in [-0.4, -0.2) is 15.0 Å². The normalized spacial score (nSPS) is 10.7. The monoisotopic (exact) mass is 300 g/mol. The average molecular weight is 301 g/mol. The molecule has 0 atom stereocenters. The Balaban J connectivity index is 2.31. The number of benzene rings is 2. The van der Waals surface area contributed by atoms with E-state index in [1.165, 1.54) is 4.68 Å². The predicted molar refractivity (Wildman–Crippen MR) is 72.4 cm³/mol. The molecule has 0 unspecified atom stereocenters. The van der Waals surface area contributed by atoms with Crippen molar-refractivity contribution in [1.82, 2.24) is 15.0 Å². The third kappa shape index (κ3) is 1.82. The maximum atomic E-state index is 8.19. The van der Waals surface area contributed by atoms with Gasteiger partial charge in [0.2, 0.25) is 0 Å². The Morgan fingerprint density at radius 1 is 1.06 bits per heavy atom. The highest BCUT2D eigenvalue weighted by Gasteiger charge is 2.04. The summed E-state index contributed by atoms with van der Waals surface area (Å²) in [6.45, 7) is 0. The number of rotatable bonds is 1. The number of aromatic nitrogens is 3. The molecule has 1 heterocycles. The molecule has 0 saturated heterocycles. The van der Waals surface area contributed by atoms with Gasteiger partial charge in [0, 0.05) is 9.86 Å². The Labute approximate surface area is 112 Å². The van der Waals surface area contributed by atoms with Crippen LogP contribution in [0.5, 0.6) is 0 Å². The maximum absolute atomic E-state index is 8.19. The smallest absolute Gasteiger partial charge is 0.157 e. The van der Waals surface area contributed by atoms with Gasteiger partial charge in [-0.1, -0.05) is 39.3 Å². The van der Waals surface area contributed by atoms with Crippen molar-refractivity contribution in [2.24, 2.45) is 0 Å². The van der Waals surface area contributed by atoms with Crippen molar-refractivity contribution in [3.05, 3.63) is 58.5 Å². The van der Waals surface area contributed by atoms with Crippen LogP contribution in [0.15, 0.2) is 53.0 Å². The van der Waals surface area contributed by atoms with Crippen molar-refractivity contribution in [3.8, 4) is 5.69 Å². The van der Waals surface area contributed by atoms with Gasteiger partial charge in [-0.05, 0) is 30.3 Å². The van der Waals surface area contributed by atoms with E-state index >= 15 is 0 Å². The highest BCUT2D eigenvalue weighted by Crippen LogP contribution is 2.14. The van der Waals surface area contributed by atoms with E-state index in [0.29, 0.717) is 5.49 Å². The molecule has 0 aliphatic heterocycles. The SMILES string of the molecule is N=c1c2ccccc2nnn1-c1cccc(Br)c1. The van der Waals surface area contributed by atoms with Gasteiger partial charge in [-0.3, -0.25) is 5.41 Å². The van der Waals surface area contributed by atoms with Crippen LogP contribution in [0.3, 0.4) is 0 Å². The molecule has 1 aromatic heterocycles. The van der Waals surface area contributed by atoms with E-state index in [-0.39, 0.29) is 0 Å². The Morgan fingerprint density at radius 3 is 2.72 bits per heavy atom. The van der Waals surface area contributed by atoms with Crippen molar-refractivity contribution in [3.63, 3.8) is 0 Å². The highest BCUT2D eigenvalue weighted by molar-refractivity contribution is 9.10. The average Bonchev–Trinajstić information content (AvgIpc) is 2.39. The van der Waals surface area contributed by atoms with E-state index < -0.39 is 0 Å². The van der Waals surface area contributed by atoms with Crippen molar-refractivity contribution in [2.45, 2.75) is 0 Å². The maximum Gasteiger partial charge on any atom is 0.157 e. The summed E-state index contributed by atoms with van der Waals surface area (Å²) in [5.41, 5.74) is 1.88. The first kappa shape index (κ1) is 11.1. The summed E-state index contributed by atoms with van der Waals surface area (Å²) >= 11 is 3.41. The van der Waals surface area contributed by atoms with E-state index in [9.17, 15) is 0 Å². The summed E-state index contributed by atoms with van der Waals surface area (Å²) in [4.78, 5) is 0. The van der Waals surface area contributed by atoms with Crippen LogP contribution >= 0.6 is 15.9 Å². The van der Waals surface area contributed by atoms with Crippen LogP contribution in [-0.2, 0) is 0 Å². The highest BCUT2D eigenvalue weighted by atomic mass is 79.9. The van der Waals surface area contributed by atoms with Crippen LogP contribution in [0.1, 0.15) is 0 Å². The molecule has 0 saturated carbocycles. The van der Waals surface area contributed by atoms with Gasteiger partial charge >= 0.3 is 0 Å². The molecule has 3 aromatic rings. The van der Waals surface area contributed by atoms with Crippen molar-refractivity contribution < 1.29 is 0 Å². The van der Waals surface area contributed by atoms with Crippen LogP contribution in [0.2, 0.25) is 0 Å². The number of hydrogen-bond donors (Lipinski definition) is 1. The molecular weight excluding hydrogens is 292 g/mol. The fourth-order valence-corrected chi connectivity index (χ4v) is 2.19. The number of nitrogens with one attached hydrogen (secondary N) is 1. The van der Waals surface area contributed by atoms with Gasteiger partial charge in [0.05, 0.1) is 11.2 Å². The van der Waals surface area contributed by atoms with Gasteiger partial charge < -0.3 is 0 Å². The third-order valence-electron chi connectivity index (χ3n) is 2.67. The van der Waals surface area contributed by atoms with Gasteiger partial charge in [-0.25, -0.2) is 0 Å². The van der Waals surface area contributed by atoms with E-state index in [1.807, 2.05) is 48.5 Å². The first-order chi connectivity index (χ1) is 8.75. The molecule has 0 radical (unpaired) electrons. The molecule has 18 heavy (non-hydrogen) atoms. The molecule has 0 bridgehead atoms. The Kier molecular flexibility index (Phi) is 2.68. The fraction of sp³-hybridized carbons (Fsp3) is 0. The molecule has 0 amide bonds. The van der Waals surface area contributed by atoms with Crippen LogP contribution in [0, 0.1) is 5.41 Å². The standard InChI is InChI=1S/C13H9BrN4/c14-9-4-3-5-10(8-9)18-13(15)11-6-1-2-7-12(11)16-17-18/h1-8,15H. The van der Waals surface area contributed by atoms with Gasteiger partial charge in [-0.15, -0.1) is 5.10 Å². The Morgan fingerprint density at radius 2 is 1.89 bits per heavy atom. The molecular formula is C13H9BrN4. The molecule has 88 valence electrons. The summed E-state index contributed by atoms with van der Waals surface area (Å²) in [6.07, 6.45) is 0. The molecule has 0 aliphatic carbocycles. The molecule has 3 rings (SSSR count). The van der Waals surface area contributed by atoms with E-state index in [0.717, 1.165) is 21.1 Å². The van der Waals surface area contributed by atoms with E-state index in [1.54, 1.807) is 0 Å². The largest absolute Gasteiger partial charge is 0.282 e. The molecule has 1 N–H and O–H groups in total. The lowest BCUT2D eigenvalue weighted by Gasteiger charge is -2.06. The zero-order chi connectivity index (χ0) is 12.5. The van der Waals surface area contributed by atoms with Gasteiger partial charge in [-0.2, -0.15) is 4.68 Å². The molecule has 0 fully saturated rings. The summed E-state index contributed by atoms with van der Waals surface area (Å²) in [5.74, 6) is 0. The number of halogens is 1. The zero-order valence-electron chi connectivity index (χ0n) is 9.34. The predicted octanol–water partition coefficient (Wildman–Crippen LogP) is 2.66. The van der Waals surface area contributed by atoms with Crippen LogP contribution in [0.25, 0.3) is 16.6 Å². The molecule has 2 aromatic carbocycles. The lowest BCUT2D eigenvalue weighted by Crippen LogP contribution is -2.22. The molecule has 5 heteroatoms. The minimum absolute atomic E-state index is 0.332. The lowest BCUT2D eigenvalue weighted by atomic mass is 10.2. The zero-order valence-corrected chi connectivity index (χ0v) is 10.9. The fourth-order valence-electron chi connectivity index (χ4n) is 1.80. The second-order valence-electron chi connectivity index (χ2n) is 3.85.